The Hall–Kier alpha value is -2.03. The van der Waals surface area contributed by atoms with E-state index in [9.17, 15) is 9.50 Å². The lowest BCUT2D eigenvalue weighted by molar-refractivity contribution is 0.317. The van der Waals surface area contributed by atoms with Crippen LogP contribution in [0, 0.1) is 5.82 Å². The minimum absolute atomic E-state index is 0.0581. The largest absolute Gasteiger partial charge is 0.507 e. The van der Waals surface area contributed by atoms with E-state index in [0.717, 1.165) is 23.8 Å². The Morgan fingerprint density at radius 2 is 1.83 bits per heavy atom. The van der Waals surface area contributed by atoms with E-state index in [1.165, 1.54) is 6.07 Å². The second-order valence-electron chi connectivity index (χ2n) is 4.03. The van der Waals surface area contributed by atoms with Crippen LogP contribution in [0.5, 0.6) is 11.5 Å². The number of ether oxygens (including phenoxy) is 1. The third kappa shape index (κ3) is 2.80. The maximum atomic E-state index is 12.9. The van der Waals surface area contributed by atoms with E-state index in [2.05, 4.69) is 0 Å². The normalized spacial score (nSPS) is 10.3. The molecule has 0 radical (unpaired) electrons. The van der Waals surface area contributed by atoms with Crippen LogP contribution in [0.3, 0.4) is 0 Å². The molecule has 0 heterocycles. The lowest BCUT2D eigenvalue weighted by atomic mass is 10.0. The summed E-state index contributed by atoms with van der Waals surface area (Å²) in [6.07, 6.45) is 0.959. The molecule has 0 aliphatic heterocycles. The number of benzene rings is 2. The Bertz CT molecular complexity index is 521. The van der Waals surface area contributed by atoms with Gasteiger partial charge in [-0.15, -0.1) is 0 Å². The van der Waals surface area contributed by atoms with Gasteiger partial charge in [-0.2, -0.15) is 0 Å². The molecule has 3 heteroatoms. The van der Waals surface area contributed by atoms with Crippen LogP contribution in [0.4, 0.5) is 4.39 Å². The molecule has 2 aromatic carbocycles. The second kappa shape index (κ2) is 5.54. The highest BCUT2D eigenvalue weighted by Gasteiger charge is 2.05. The number of rotatable bonds is 4. The predicted octanol–water partition coefficient (Wildman–Crippen LogP) is 3.99. The van der Waals surface area contributed by atoms with E-state index in [4.69, 9.17) is 4.74 Å². The van der Waals surface area contributed by atoms with Crippen molar-refractivity contribution in [1.82, 2.24) is 0 Å². The second-order valence-corrected chi connectivity index (χ2v) is 4.03. The van der Waals surface area contributed by atoms with Crippen LogP contribution in [-0.4, -0.2) is 11.7 Å². The van der Waals surface area contributed by atoms with Crippen molar-refractivity contribution in [2.24, 2.45) is 0 Å². The number of aromatic hydroxyl groups is 1. The highest BCUT2D eigenvalue weighted by atomic mass is 19.1. The Morgan fingerprint density at radius 3 is 2.44 bits per heavy atom. The smallest absolute Gasteiger partial charge is 0.126 e. The zero-order valence-corrected chi connectivity index (χ0v) is 10.2. The van der Waals surface area contributed by atoms with Crippen molar-refractivity contribution in [2.45, 2.75) is 13.3 Å². The number of phenolic OH excluding ortho intramolecular Hbond substituents is 1. The van der Waals surface area contributed by atoms with E-state index in [0.29, 0.717) is 12.2 Å². The lowest BCUT2D eigenvalue weighted by Crippen LogP contribution is -1.94. The molecule has 0 bridgehead atoms. The summed E-state index contributed by atoms with van der Waals surface area (Å²) in [7, 11) is 0. The van der Waals surface area contributed by atoms with Crippen LogP contribution in [0.25, 0.3) is 11.1 Å². The van der Waals surface area contributed by atoms with Gasteiger partial charge in [-0.3, -0.25) is 0 Å². The van der Waals surface area contributed by atoms with Crippen molar-refractivity contribution >= 4 is 0 Å². The molecule has 0 spiro atoms. The summed E-state index contributed by atoms with van der Waals surface area (Å²) in [5.41, 5.74) is 1.44. The molecule has 94 valence electrons. The maximum Gasteiger partial charge on any atom is 0.126 e. The van der Waals surface area contributed by atoms with E-state index >= 15 is 0 Å². The van der Waals surface area contributed by atoms with Crippen LogP contribution >= 0.6 is 0 Å². The van der Waals surface area contributed by atoms with E-state index in [1.807, 2.05) is 31.2 Å². The Kier molecular flexibility index (Phi) is 3.82. The van der Waals surface area contributed by atoms with Crippen molar-refractivity contribution in [3.05, 3.63) is 48.3 Å². The summed E-state index contributed by atoms with van der Waals surface area (Å²) < 4.78 is 18.4. The molecule has 2 rings (SSSR count). The van der Waals surface area contributed by atoms with Crippen LogP contribution < -0.4 is 4.74 Å². The zero-order chi connectivity index (χ0) is 13.0. The number of hydrogen-bond donors (Lipinski definition) is 1. The molecule has 0 aliphatic carbocycles. The highest BCUT2D eigenvalue weighted by Crippen LogP contribution is 2.30. The number of phenols is 1. The van der Waals surface area contributed by atoms with E-state index < -0.39 is 5.82 Å². The average molecular weight is 246 g/mol. The van der Waals surface area contributed by atoms with Gasteiger partial charge in [0.15, 0.2) is 0 Å². The van der Waals surface area contributed by atoms with Gasteiger partial charge in [-0.25, -0.2) is 4.39 Å². The zero-order valence-electron chi connectivity index (χ0n) is 10.2. The monoisotopic (exact) mass is 246 g/mol. The fourth-order valence-electron chi connectivity index (χ4n) is 1.70. The quantitative estimate of drug-likeness (QED) is 0.884. The molecule has 0 aromatic heterocycles. The van der Waals surface area contributed by atoms with Gasteiger partial charge >= 0.3 is 0 Å². The molecule has 0 unspecified atom stereocenters. The van der Waals surface area contributed by atoms with Gasteiger partial charge in [-0.05, 0) is 36.2 Å². The van der Waals surface area contributed by atoms with E-state index in [-0.39, 0.29) is 5.75 Å². The molecular formula is C15H15FO2. The molecule has 0 saturated carbocycles. The molecule has 0 atom stereocenters. The fraction of sp³-hybridized carbons (Fsp3) is 0.200. The van der Waals surface area contributed by atoms with Gasteiger partial charge < -0.3 is 9.84 Å². The summed E-state index contributed by atoms with van der Waals surface area (Å²) in [6.45, 7) is 2.73. The molecule has 1 N–H and O–H groups in total. The van der Waals surface area contributed by atoms with Crippen LogP contribution in [0.1, 0.15) is 13.3 Å². The predicted molar refractivity (Wildman–Crippen MR) is 69.3 cm³/mol. The van der Waals surface area contributed by atoms with Crippen molar-refractivity contribution < 1.29 is 14.2 Å². The average Bonchev–Trinajstić information content (AvgIpc) is 2.37. The summed E-state index contributed by atoms with van der Waals surface area (Å²) in [5.74, 6) is 0.290. The van der Waals surface area contributed by atoms with E-state index in [1.54, 1.807) is 6.07 Å². The van der Waals surface area contributed by atoms with Crippen LogP contribution in [0.2, 0.25) is 0 Å². The molecule has 0 aliphatic rings. The maximum absolute atomic E-state index is 12.9. The van der Waals surface area contributed by atoms with Gasteiger partial charge in [0.2, 0.25) is 0 Å². The molecule has 0 saturated heterocycles. The first-order valence-electron chi connectivity index (χ1n) is 5.92. The van der Waals surface area contributed by atoms with Crippen molar-refractivity contribution in [3.63, 3.8) is 0 Å². The van der Waals surface area contributed by atoms with Crippen LogP contribution in [-0.2, 0) is 0 Å². The first kappa shape index (κ1) is 12.4. The SMILES string of the molecule is CCCOc1ccc(-c2ccc(F)cc2O)cc1. The van der Waals surface area contributed by atoms with Crippen molar-refractivity contribution in [2.75, 3.05) is 6.61 Å². The topological polar surface area (TPSA) is 29.5 Å². The minimum Gasteiger partial charge on any atom is -0.507 e. The van der Waals surface area contributed by atoms with Crippen molar-refractivity contribution in [3.8, 4) is 22.6 Å². The molecule has 0 amide bonds. The highest BCUT2D eigenvalue weighted by molar-refractivity contribution is 5.70. The summed E-state index contributed by atoms with van der Waals surface area (Å²) in [6, 6.07) is 11.4. The Labute approximate surface area is 106 Å². The molecule has 2 aromatic rings. The third-order valence-corrected chi connectivity index (χ3v) is 2.60. The van der Waals surface area contributed by atoms with Gasteiger partial charge in [-0.1, -0.05) is 19.1 Å². The minimum atomic E-state index is -0.445. The first-order valence-corrected chi connectivity index (χ1v) is 5.92. The summed E-state index contributed by atoms with van der Waals surface area (Å²) in [5, 5.41) is 9.68. The van der Waals surface area contributed by atoms with Crippen molar-refractivity contribution in [1.29, 1.82) is 0 Å². The van der Waals surface area contributed by atoms with Gasteiger partial charge in [0.25, 0.3) is 0 Å². The molecule has 0 fully saturated rings. The molecular weight excluding hydrogens is 231 g/mol. The summed E-state index contributed by atoms with van der Waals surface area (Å²) in [4.78, 5) is 0. The standard InChI is InChI=1S/C15H15FO2/c1-2-9-18-13-6-3-11(4-7-13)14-8-5-12(16)10-15(14)17/h3-8,10,17H,2,9H2,1H3. The van der Waals surface area contributed by atoms with Gasteiger partial charge in [0, 0.05) is 11.6 Å². The number of hydrogen-bond acceptors (Lipinski definition) is 2. The van der Waals surface area contributed by atoms with Crippen LogP contribution in [0.15, 0.2) is 42.5 Å². The Balaban J connectivity index is 2.23. The number of halogens is 1. The molecule has 2 nitrogen and oxygen atoms in total. The first-order chi connectivity index (χ1) is 8.70. The summed E-state index contributed by atoms with van der Waals surface area (Å²) >= 11 is 0. The fourth-order valence-corrected chi connectivity index (χ4v) is 1.70. The van der Waals surface area contributed by atoms with Gasteiger partial charge in [0.05, 0.1) is 6.61 Å². The lowest BCUT2D eigenvalue weighted by Gasteiger charge is -2.07. The van der Waals surface area contributed by atoms with Gasteiger partial charge in [0.1, 0.15) is 17.3 Å². The Morgan fingerprint density at radius 1 is 1.11 bits per heavy atom. The molecule has 18 heavy (non-hydrogen) atoms. The third-order valence-electron chi connectivity index (χ3n) is 2.60.